The highest BCUT2D eigenvalue weighted by atomic mass is 32.2. The van der Waals surface area contributed by atoms with Gasteiger partial charge in [0.15, 0.2) is 5.58 Å². The van der Waals surface area contributed by atoms with Crippen molar-refractivity contribution in [1.82, 2.24) is 4.98 Å². The molecule has 0 aliphatic rings. The summed E-state index contributed by atoms with van der Waals surface area (Å²) in [4.78, 5) is 8.10. The SMILES string of the molecule is CSc1nc2ccc(N=C=S)cc2o1. The van der Waals surface area contributed by atoms with E-state index < -0.39 is 0 Å². The number of hydrogen-bond acceptors (Lipinski definition) is 5. The lowest BCUT2D eigenvalue weighted by Crippen LogP contribution is -1.67. The molecule has 0 bridgehead atoms. The van der Waals surface area contributed by atoms with Crippen molar-refractivity contribution in [3.63, 3.8) is 0 Å². The van der Waals surface area contributed by atoms with Gasteiger partial charge in [-0.15, -0.1) is 0 Å². The van der Waals surface area contributed by atoms with E-state index in [0.717, 1.165) is 16.8 Å². The van der Waals surface area contributed by atoms with Crippen molar-refractivity contribution >= 4 is 45.9 Å². The molecular weight excluding hydrogens is 216 g/mol. The molecule has 0 atom stereocenters. The van der Waals surface area contributed by atoms with Gasteiger partial charge in [0.1, 0.15) is 5.52 Å². The second kappa shape index (κ2) is 3.92. The van der Waals surface area contributed by atoms with Gasteiger partial charge in [-0.25, -0.2) is 4.98 Å². The van der Waals surface area contributed by atoms with Crippen molar-refractivity contribution in [2.24, 2.45) is 4.99 Å². The van der Waals surface area contributed by atoms with Crippen LogP contribution in [0, 0.1) is 0 Å². The van der Waals surface area contributed by atoms with Gasteiger partial charge >= 0.3 is 0 Å². The van der Waals surface area contributed by atoms with Crippen LogP contribution in [-0.2, 0) is 0 Å². The summed E-state index contributed by atoms with van der Waals surface area (Å²) in [6.45, 7) is 0. The monoisotopic (exact) mass is 222 g/mol. The number of nitrogens with zero attached hydrogens (tertiary/aromatic N) is 2. The normalized spacial score (nSPS) is 10.1. The molecule has 0 saturated carbocycles. The first-order valence-corrected chi connectivity index (χ1v) is 5.49. The highest BCUT2D eigenvalue weighted by molar-refractivity contribution is 7.98. The van der Waals surface area contributed by atoms with Crippen LogP contribution in [0.3, 0.4) is 0 Å². The van der Waals surface area contributed by atoms with Gasteiger partial charge in [-0.1, -0.05) is 11.8 Å². The van der Waals surface area contributed by atoms with Crippen LogP contribution in [0.1, 0.15) is 0 Å². The second-order valence-corrected chi connectivity index (χ2v) is 3.48. The number of benzene rings is 1. The Hall–Kier alpha value is -1.16. The highest BCUT2D eigenvalue weighted by Gasteiger charge is 2.04. The molecule has 0 aliphatic carbocycles. The fraction of sp³-hybridized carbons (Fsp3) is 0.111. The summed E-state index contributed by atoms with van der Waals surface area (Å²) in [5, 5.41) is 2.97. The number of thioether (sulfide) groups is 1. The van der Waals surface area contributed by atoms with Gasteiger partial charge < -0.3 is 4.42 Å². The van der Waals surface area contributed by atoms with Gasteiger partial charge in [-0.05, 0) is 30.6 Å². The van der Waals surface area contributed by atoms with E-state index >= 15 is 0 Å². The standard InChI is InChI=1S/C9H6N2OS2/c1-14-9-11-7-3-2-6(10-5-13)4-8(7)12-9/h2-4H,1H3. The van der Waals surface area contributed by atoms with Crippen LogP contribution >= 0.6 is 24.0 Å². The zero-order chi connectivity index (χ0) is 9.97. The summed E-state index contributed by atoms with van der Waals surface area (Å²) in [6.07, 6.45) is 1.92. The molecule has 0 aliphatic heterocycles. The molecule has 1 heterocycles. The Bertz CT molecular complexity index is 515. The van der Waals surface area contributed by atoms with E-state index in [9.17, 15) is 0 Å². The molecule has 14 heavy (non-hydrogen) atoms. The van der Waals surface area contributed by atoms with E-state index in [1.54, 1.807) is 6.07 Å². The Kier molecular flexibility index (Phi) is 2.63. The van der Waals surface area contributed by atoms with Gasteiger partial charge in [0.25, 0.3) is 5.22 Å². The average molecular weight is 222 g/mol. The Morgan fingerprint density at radius 2 is 2.43 bits per heavy atom. The number of isothiocyanates is 1. The summed E-state index contributed by atoms with van der Waals surface area (Å²) in [5.41, 5.74) is 2.29. The third kappa shape index (κ3) is 1.70. The minimum atomic E-state index is 0.656. The number of aromatic nitrogens is 1. The maximum Gasteiger partial charge on any atom is 0.256 e. The molecule has 1 aromatic carbocycles. The summed E-state index contributed by atoms with van der Waals surface area (Å²) in [6, 6.07) is 5.47. The van der Waals surface area contributed by atoms with E-state index in [-0.39, 0.29) is 0 Å². The Morgan fingerprint density at radius 1 is 1.57 bits per heavy atom. The molecule has 2 rings (SSSR count). The van der Waals surface area contributed by atoms with Gasteiger partial charge in [-0.2, -0.15) is 4.99 Å². The van der Waals surface area contributed by atoms with Crippen LogP contribution in [-0.4, -0.2) is 16.4 Å². The predicted octanol–water partition coefficient (Wildman–Crippen LogP) is 3.28. The summed E-state index contributed by atoms with van der Waals surface area (Å²) >= 11 is 5.99. The molecular formula is C9H6N2OS2. The number of oxazole rings is 1. The van der Waals surface area contributed by atoms with Crippen LogP contribution < -0.4 is 0 Å². The van der Waals surface area contributed by atoms with Crippen molar-refractivity contribution in [1.29, 1.82) is 0 Å². The lowest BCUT2D eigenvalue weighted by atomic mass is 10.3. The third-order valence-corrected chi connectivity index (χ3v) is 2.32. The van der Waals surface area contributed by atoms with Crippen LogP contribution in [0.5, 0.6) is 0 Å². The fourth-order valence-electron chi connectivity index (χ4n) is 1.10. The number of aliphatic imine (C=N–C) groups is 1. The first-order chi connectivity index (χ1) is 6.83. The maximum absolute atomic E-state index is 5.43. The molecule has 0 unspecified atom stereocenters. The Labute approximate surface area is 90.2 Å². The Balaban J connectivity index is 2.59. The smallest absolute Gasteiger partial charge is 0.256 e. The molecule has 0 N–H and O–H groups in total. The van der Waals surface area contributed by atoms with Crippen LogP contribution in [0.2, 0.25) is 0 Å². The second-order valence-electron chi connectivity index (χ2n) is 2.54. The van der Waals surface area contributed by atoms with E-state index in [1.165, 1.54) is 11.8 Å². The molecule has 0 spiro atoms. The molecule has 2 aromatic rings. The molecule has 3 nitrogen and oxygen atoms in total. The number of fused-ring (bicyclic) bond motifs is 1. The summed E-state index contributed by atoms with van der Waals surface area (Å²) < 4.78 is 5.43. The largest absolute Gasteiger partial charge is 0.431 e. The number of thiocarbonyl (C=S) groups is 1. The zero-order valence-corrected chi connectivity index (χ0v) is 8.98. The van der Waals surface area contributed by atoms with Gasteiger partial charge in [-0.3, -0.25) is 0 Å². The van der Waals surface area contributed by atoms with Gasteiger partial charge in [0.05, 0.1) is 10.8 Å². The molecule has 1 aromatic heterocycles. The molecule has 70 valence electrons. The van der Waals surface area contributed by atoms with Crippen molar-refractivity contribution in [2.75, 3.05) is 6.26 Å². The highest BCUT2D eigenvalue weighted by Crippen LogP contribution is 2.25. The van der Waals surface area contributed by atoms with Crippen molar-refractivity contribution in [2.45, 2.75) is 5.22 Å². The van der Waals surface area contributed by atoms with E-state index in [2.05, 4.69) is 27.4 Å². The fourth-order valence-corrected chi connectivity index (χ4v) is 1.57. The summed E-state index contributed by atoms with van der Waals surface area (Å²) in [5.74, 6) is 0. The first kappa shape index (κ1) is 9.40. The van der Waals surface area contributed by atoms with Gasteiger partial charge in [0, 0.05) is 6.07 Å². The quantitative estimate of drug-likeness (QED) is 0.444. The minimum absolute atomic E-state index is 0.656. The lowest BCUT2D eigenvalue weighted by Gasteiger charge is -1.88. The van der Waals surface area contributed by atoms with Crippen molar-refractivity contribution in [3.8, 4) is 0 Å². The van der Waals surface area contributed by atoms with E-state index in [1.807, 2.05) is 18.4 Å². The lowest BCUT2D eigenvalue weighted by molar-refractivity contribution is 0.490. The molecule has 0 fully saturated rings. The molecule has 0 saturated heterocycles. The van der Waals surface area contributed by atoms with E-state index in [4.69, 9.17) is 4.42 Å². The maximum atomic E-state index is 5.43. The van der Waals surface area contributed by atoms with Crippen LogP contribution in [0.25, 0.3) is 11.1 Å². The van der Waals surface area contributed by atoms with Crippen molar-refractivity contribution < 1.29 is 4.42 Å². The minimum Gasteiger partial charge on any atom is -0.431 e. The van der Waals surface area contributed by atoms with Crippen LogP contribution in [0.15, 0.2) is 32.8 Å². The Morgan fingerprint density at radius 3 is 3.14 bits per heavy atom. The van der Waals surface area contributed by atoms with Crippen LogP contribution in [0.4, 0.5) is 5.69 Å². The molecule has 0 radical (unpaired) electrons. The molecule has 5 heteroatoms. The van der Waals surface area contributed by atoms with E-state index in [0.29, 0.717) is 5.22 Å². The first-order valence-electron chi connectivity index (χ1n) is 3.86. The zero-order valence-electron chi connectivity index (χ0n) is 7.35. The molecule has 0 amide bonds. The summed E-state index contributed by atoms with van der Waals surface area (Å²) in [7, 11) is 0. The van der Waals surface area contributed by atoms with Crippen molar-refractivity contribution in [3.05, 3.63) is 18.2 Å². The third-order valence-electron chi connectivity index (χ3n) is 1.70. The number of rotatable bonds is 2. The number of hydrogen-bond donors (Lipinski definition) is 0. The van der Waals surface area contributed by atoms with Gasteiger partial charge in [0.2, 0.25) is 0 Å². The predicted molar refractivity (Wildman–Crippen MR) is 60.5 cm³/mol. The average Bonchev–Trinajstić information content (AvgIpc) is 2.60. The topological polar surface area (TPSA) is 38.4 Å².